The predicted molar refractivity (Wildman–Crippen MR) is 80.4 cm³/mol. The highest BCUT2D eigenvalue weighted by Gasteiger charge is 1.95. The van der Waals surface area contributed by atoms with E-state index in [0.29, 0.717) is 12.2 Å². The average Bonchev–Trinajstić information content (AvgIpc) is 2.39. The SMILES string of the molecule is CC(O)Oc1ccccc1.CCCCCCCC(O)O. The van der Waals surface area contributed by atoms with Crippen molar-refractivity contribution in [3.8, 4) is 5.75 Å². The van der Waals surface area contributed by atoms with Crippen molar-refractivity contribution in [3.05, 3.63) is 30.3 Å². The van der Waals surface area contributed by atoms with Crippen LogP contribution in [0.2, 0.25) is 0 Å². The Labute approximate surface area is 122 Å². The molecule has 0 saturated heterocycles. The molecule has 1 atom stereocenters. The summed E-state index contributed by atoms with van der Waals surface area (Å²) in [6.07, 6.45) is 4.50. The summed E-state index contributed by atoms with van der Waals surface area (Å²) in [4.78, 5) is 0. The Morgan fingerprint density at radius 1 is 0.950 bits per heavy atom. The lowest BCUT2D eigenvalue weighted by Crippen LogP contribution is -2.08. The maximum Gasteiger partial charge on any atom is 0.194 e. The normalized spacial score (nSPS) is 11.7. The minimum atomic E-state index is -1.10. The molecule has 1 aromatic rings. The lowest BCUT2D eigenvalue weighted by molar-refractivity contribution is -0.0466. The fourth-order valence-corrected chi connectivity index (χ4v) is 1.63. The van der Waals surface area contributed by atoms with Crippen molar-refractivity contribution in [2.24, 2.45) is 0 Å². The molecule has 0 amide bonds. The first-order valence-electron chi connectivity index (χ1n) is 7.32. The zero-order valence-corrected chi connectivity index (χ0v) is 12.5. The third kappa shape index (κ3) is 13.3. The lowest BCUT2D eigenvalue weighted by atomic mass is 10.1. The van der Waals surface area contributed by atoms with Gasteiger partial charge in [-0.05, 0) is 31.9 Å². The van der Waals surface area contributed by atoms with Gasteiger partial charge >= 0.3 is 0 Å². The fraction of sp³-hybridized carbons (Fsp3) is 0.625. The number of hydrogen-bond acceptors (Lipinski definition) is 4. The molecule has 0 aliphatic carbocycles. The monoisotopic (exact) mass is 284 g/mol. The second kappa shape index (κ2) is 12.9. The highest BCUT2D eigenvalue weighted by molar-refractivity contribution is 5.20. The highest BCUT2D eigenvalue weighted by Crippen LogP contribution is 2.09. The number of hydrogen-bond donors (Lipinski definition) is 3. The molecule has 4 nitrogen and oxygen atoms in total. The summed E-state index contributed by atoms with van der Waals surface area (Å²) in [6.45, 7) is 3.74. The van der Waals surface area contributed by atoms with Crippen molar-refractivity contribution in [2.45, 2.75) is 65.0 Å². The zero-order chi connectivity index (χ0) is 15.2. The molecular formula is C16H28O4. The van der Waals surface area contributed by atoms with Crippen LogP contribution in [0.15, 0.2) is 30.3 Å². The van der Waals surface area contributed by atoms with Crippen LogP contribution in [-0.2, 0) is 0 Å². The van der Waals surface area contributed by atoms with Crippen LogP contribution in [0.25, 0.3) is 0 Å². The summed E-state index contributed by atoms with van der Waals surface area (Å²) in [5, 5.41) is 25.7. The summed E-state index contributed by atoms with van der Waals surface area (Å²) in [5.41, 5.74) is 0. The Kier molecular flexibility index (Phi) is 12.2. The first kappa shape index (κ1) is 18.9. The van der Waals surface area contributed by atoms with Gasteiger partial charge in [-0.1, -0.05) is 50.8 Å². The van der Waals surface area contributed by atoms with E-state index in [1.807, 2.05) is 18.2 Å². The molecule has 0 aliphatic rings. The summed E-state index contributed by atoms with van der Waals surface area (Å²) in [6, 6.07) is 9.21. The quantitative estimate of drug-likeness (QED) is 0.507. The number of ether oxygens (including phenoxy) is 1. The van der Waals surface area contributed by atoms with E-state index in [9.17, 15) is 0 Å². The van der Waals surface area contributed by atoms with E-state index in [1.54, 1.807) is 19.1 Å². The number of aliphatic hydroxyl groups is 3. The van der Waals surface area contributed by atoms with Gasteiger partial charge in [-0.15, -0.1) is 0 Å². The van der Waals surface area contributed by atoms with Crippen LogP contribution in [0.1, 0.15) is 52.4 Å². The molecule has 0 fully saturated rings. The molecule has 0 radical (unpaired) electrons. The number of unbranched alkanes of at least 4 members (excludes halogenated alkanes) is 4. The predicted octanol–water partition coefficient (Wildman–Crippen LogP) is 3.06. The molecule has 1 rings (SSSR count). The summed E-state index contributed by atoms with van der Waals surface area (Å²) in [7, 11) is 0. The van der Waals surface area contributed by atoms with Gasteiger partial charge < -0.3 is 20.1 Å². The van der Waals surface area contributed by atoms with Crippen molar-refractivity contribution in [1.29, 1.82) is 0 Å². The van der Waals surface area contributed by atoms with Gasteiger partial charge in [0.05, 0.1) is 0 Å². The molecule has 4 heteroatoms. The van der Waals surface area contributed by atoms with Crippen LogP contribution >= 0.6 is 0 Å². The smallest absolute Gasteiger partial charge is 0.194 e. The van der Waals surface area contributed by atoms with Crippen molar-refractivity contribution in [1.82, 2.24) is 0 Å². The molecule has 0 heterocycles. The van der Waals surface area contributed by atoms with Gasteiger partial charge in [0.1, 0.15) is 5.75 Å². The molecule has 116 valence electrons. The third-order valence-corrected chi connectivity index (χ3v) is 2.62. The molecule has 0 aliphatic heterocycles. The largest absolute Gasteiger partial charge is 0.465 e. The lowest BCUT2D eigenvalue weighted by Gasteiger charge is -2.06. The number of benzene rings is 1. The van der Waals surface area contributed by atoms with Gasteiger partial charge in [0.2, 0.25) is 0 Å². The summed E-state index contributed by atoms with van der Waals surface area (Å²) >= 11 is 0. The standard InChI is InChI=1S/C8H10O2.C8H18O2/c1-7(9)10-8-5-3-2-4-6-8;1-2-3-4-5-6-7-8(9)10/h2-7,9H,1H3;8-10H,2-7H2,1H3. The number of rotatable bonds is 8. The van der Waals surface area contributed by atoms with Gasteiger partial charge in [0.15, 0.2) is 12.6 Å². The van der Waals surface area contributed by atoms with Gasteiger partial charge in [-0.3, -0.25) is 0 Å². The second-order valence-corrected chi connectivity index (χ2v) is 4.71. The van der Waals surface area contributed by atoms with E-state index in [1.165, 1.54) is 19.3 Å². The minimum Gasteiger partial charge on any atom is -0.465 e. The van der Waals surface area contributed by atoms with E-state index in [0.717, 1.165) is 12.8 Å². The maximum absolute atomic E-state index is 8.78. The fourth-order valence-electron chi connectivity index (χ4n) is 1.63. The molecule has 0 spiro atoms. The van der Waals surface area contributed by atoms with Crippen LogP contribution in [0.5, 0.6) is 5.75 Å². The van der Waals surface area contributed by atoms with Crippen LogP contribution in [0.3, 0.4) is 0 Å². The van der Waals surface area contributed by atoms with Gasteiger partial charge in [-0.2, -0.15) is 0 Å². The van der Waals surface area contributed by atoms with Crippen LogP contribution < -0.4 is 4.74 Å². The van der Waals surface area contributed by atoms with Crippen molar-refractivity contribution < 1.29 is 20.1 Å². The maximum atomic E-state index is 8.78. The average molecular weight is 284 g/mol. The molecule has 1 aromatic carbocycles. The zero-order valence-electron chi connectivity index (χ0n) is 12.5. The van der Waals surface area contributed by atoms with Crippen LogP contribution in [0.4, 0.5) is 0 Å². The Morgan fingerprint density at radius 2 is 1.55 bits per heavy atom. The molecule has 0 aromatic heterocycles. The Balaban J connectivity index is 0.000000361. The molecule has 3 N–H and O–H groups in total. The molecule has 20 heavy (non-hydrogen) atoms. The van der Waals surface area contributed by atoms with E-state index in [-0.39, 0.29) is 0 Å². The van der Waals surface area contributed by atoms with Gasteiger partial charge in [0, 0.05) is 0 Å². The molecular weight excluding hydrogens is 256 g/mol. The van der Waals surface area contributed by atoms with Crippen molar-refractivity contribution in [3.63, 3.8) is 0 Å². The number of para-hydroxylation sites is 1. The van der Waals surface area contributed by atoms with Crippen LogP contribution in [0, 0.1) is 0 Å². The molecule has 1 unspecified atom stereocenters. The minimum absolute atomic E-state index is 0.531. The van der Waals surface area contributed by atoms with E-state index < -0.39 is 12.6 Å². The van der Waals surface area contributed by atoms with Gasteiger partial charge in [0.25, 0.3) is 0 Å². The van der Waals surface area contributed by atoms with Crippen molar-refractivity contribution >= 4 is 0 Å². The van der Waals surface area contributed by atoms with Crippen LogP contribution in [-0.4, -0.2) is 27.9 Å². The molecule has 0 bridgehead atoms. The third-order valence-electron chi connectivity index (χ3n) is 2.62. The molecule has 0 saturated carbocycles. The Hall–Kier alpha value is -1.10. The first-order valence-corrected chi connectivity index (χ1v) is 7.32. The Morgan fingerprint density at radius 3 is 2.05 bits per heavy atom. The summed E-state index contributed by atoms with van der Waals surface area (Å²) < 4.78 is 4.97. The van der Waals surface area contributed by atoms with E-state index in [4.69, 9.17) is 20.1 Å². The highest BCUT2D eigenvalue weighted by atomic mass is 16.6. The van der Waals surface area contributed by atoms with Gasteiger partial charge in [-0.25, -0.2) is 0 Å². The van der Waals surface area contributed by atoms with Crippen molar-refractivity contribution in [2.75, 3.05) is 0 Å². The summed E-state index contributed by atoms with van der Waals surface area (Å²) in [5.74, 6) is 0.692. The topological polar surface area (TPSA) is 69.9 Å². The van der Waals surface area contributed by atoms with E-state index >= 15 is 0 Å². The first-order chi connectivity index (χ1) is 9.56. The van der Waals surface area contributed by atoms with E-state index in [2.05, 4.69) is 6.92 Å². The second-order valence-electron chi connectivity index (χ2n) is 4.71. The number of aliphatic hydroxyl groups excluding tert-OH is 2. The Bertz CT molecular complexity index is 299.